The van der Waals surface area contributed by atoms with Crippen LogP contribution in [-0.2, 0) is 28.6 Å². The smallest absolute Gasteiger partial charge is 0.309 e. The molecule has 0 rings (SSSR count). The Labute approximate surface area is 202 Å². The molecule has 1 radical (unpaired) electrons. The summed E-state index contributed by atoms with van der Waals surface area (Å²) in [4.78, 5) is 37.6. The molecule has 0 aromatic rings. The molecule has 0 aliphatic carbocycles. The summed E-state index contributed by atoms with van der Waals surface area (Å²) in [7, 11) is 0. The maximum absolute atomic E-state index is 12.9. The maximum atomic E-state index is 12.9. The lowest BCUT2D eigenvalue weighted by Gasteiger charge is -2.30. The van der Waals surface area contributed by atoms with Crippen molar-refractivity contribution in [2.75, 3.05) is 6.61 Å². The fourth-order valence-corrected chi connectivity index (χ4v) is 3.42. The van der Waals surface area contributed by atoms with Gasteiger partial charge < -0.3 is 14.2 Å². The van der Waals surface area contributed by atoms with Crippen LogP contribution in [0.15, 0.2) is 0 Å². The Bertz CT molecular complexity index is 592. The van der Waals surface area contributed by atoms with Gasteiger partial charge in [0.15, 0.2) is 0 Å². The lowest BCUT2D eigenvalue weighted by atomic mass is 9.80. The molecule has 5 unspecified atom stereocenters. The van der Waals surface area contributed by atoms with Gasteiger partial charge in [-0.15, -0.1) is 0 Å². The molecule has 6 heteroatoms. The number of rotatable bonds is 15. The van der Waals surface area contributed by atoms with Gasteiger partial charge in [0.25, 0.3) is 0 Å². The van der Waals surface area contributed by atoms with Crippen LogP contribution in [0, 0.1) is 36.5 Å². The summed E-state index contributed by atoms with van der Waals surface area (Å²) in [6.07, 6.45) is 3.58. The van der Waals surface area contributed by atoms with Gasteiger partial charge in [-0.05, 0) is 78.1 Å². The molecular formula is C27H49O6. The first kappa shape index (κ1) is 31.4. The van der Waals surface area contributed by atoms with Gasteiger partial charge in [0.1, 0.15) is 5.60 Å². The maximum Gasteiger partial charge on any atom is 0.309 e. The summed E-state index contributed by atoms with van der Waals surface area (Å²) in [5, 5.41) is 0. The SMILES string of the molecule is [CH2]CC(C(=O)OC(C)(C)C)C(CCC(C)C(=O)OCC(C)C)CCC(C)C(=O)OC(C)CC. The summed E-state index contributed by atoms with van der Waals surface area (Å²) in [5.74, 6) is -1.37. The number of hydrogen-bond acceptors (Lipinski definition) is 6. The molecule has 0 heterocycles. The minimum atomic E-state index is -0.587. The van der Waals surface area contributed by atoms with Gasteiger partial charge in [0.05, 0.1) is 30.5 Å². The molecule has 33 heavy (non-hydrogen) atoms. The first-order valence-electron chi connectivity index (χ1n) is 12.6. The van der Waals surface area contributed by atoms with Crippen molar-refractivity contribution in [1.29, 1.82) is 0 Å². The van der Waals surface area contributed by atoms with Gasteiger partial charge in [-0.1, -0.05) is 41.5 Å². The van der Waals surface area contributed by atoms with E-state index in [0.717, 1.165) is 6.42 Å². The average molecular weight is 470 g/mol. The standard InChI is InChI=1S/C27H49O6/c1-11-21(7)32-25(29)20(6)14-16-22(23(12-2)26(30)33-27(8,9)10)15-13-19(5)24(28)31-17-18(3)4/h18-23H,2,11-17H2,1,3-10H3. The van der Waals surface area contributed by atoms with E-state index in [9.17, 15) is 14.4 Å². The highest BCUT2D eigenvalue weighted by Crippen LogP contribution is 2.31. The molecule has 0 aliphatic heterocycles. The van der Waals surface area contributed by atoms with E-state index < -0.39 is 5.60 Å². The zero-order chi connectivity index (χ0) is 25.8. The molecular weight excluding hydrogens is 420 g/mol. The van der Waals surface area contributed by atoms with Crippen molar-refractivity contribution in [3.63, 3.8) is 0 Å². The molecule has 0 aliphatic rings. The third kappa shape index (κ3) is 13.6. The summed E-state index contributed by atoms with van der Waals surface area (Å²) in [5.41, 5.74) is -0.587. The third-order valence-electron chi connectivity index (χ3n) is 5.79. The molecule has 0 aromatic carbocycles. The van der Waals surface area contributed by atoms with E-state index >= 15 is 0 Å². The Morgan fingerprint density at radius 2 is 1.33 bits per heavy atom. The molecule has 193 valence electrons. The quantitative estimate of drug-likeness (QED) is 0.211. The van der Waals surface area contributed by atoms with Crippen molar-refractivity contribution < 1.29 is 28.6 Å². The van der Waals surface area contributed by atoms with Gasteiger partial charge in [-0.25, -0.2) is 0 Å². The van der Waals surface area contributed by atoms with Gasteiger partial charge in [-0.3, -0.25) is 14.4 Å². The lowest BCUT2D eigenvalue weighted by molar-refractivity contribution is -0.162. The number of hydrogen-bond donors (Lipinski definition) is 0. The van der Waals surface area contributed by atoms with E-state index in [1.54, 1.807) is 0 Å². The predicted octanol–water partition coefficient (Wildman–Crippen LogP) is 6.16. The van der Waals surface area contributed by atoms with Gasteiger partial charge in [0.2, 0.25) is 0 Å². The van der Waals surface area contributed by atoms with E-state index in [-0.39, 0.29) is 53.6 Å². The number of esters is 3. The third-order valence-corrected chi connectivity index (χ3v) is 5.79. The van der Waals surface area contributed by atoms with Gasteiger partial charge in [0, 0.05) is 0 Å². The van der Waals surface area contributed by atoms with Crippen LogP contribution in [0.5, 0.6) is 0 Å². The van der Waals surface area contributed by atoms with E-state index in [1.807, 2.05) is 62.3 Å². The molecule has 0 spiro atoms. The van der Waals surface area contributed by atoms with Crippen molar-refractivity contribution in [1.82, 2.24) is 0 Å². The van der Waals surface area contributed by atoms with Crippen LogP contribution in [0.25, 0.3) is 0 Å². The van der Waals surface area contributed by atoms with Crippen LogP contribution in [0.1, 0.15) is 101 Å². The molecule has 0 aromatic heterocycles. The Kier molecular flexibility index (Phi) is 14.6. The first-order valence-corrected chi connectivity index (χ1v) is 12.6. The average Bonchev–Trinajstić information content (AvgIpc) is 2.71. The molecule has 0 saturated heterocycles. The van der Waals surface area contributed by atoms with Gasteiger partial charge >= 0.3 is 17.9 Å². The van der Waals surface area contributed by atoms with Crippen molar-refractivity contribution >= 4 is 17.9 Å². The lowest BCUT2D eigenvalue weighted by Crippen LogP contribution is -2.33. The summed E-state index contributed by atoms with van der Waals surface area (Å²) in [6, 6.07) is 0. The predicted molar refractivity (Wildman–Crippen MR) is 131 cm³/mol. The number of carbonyl (C=O) groups is 3. The molecule has 0 amide bonds. The highest BCUT2D eigenvalue weighted by Gasteiger charge is 2.32. The molecule has 6 nitrogen and oxygen atoms in total. The topological polar surface area (TPSA) is 78.9 Å². The minimum absolute atomic E-state index is 0.0449. The normalized spacial score (nSPS) is 16.5. The Hall–Kier alpha value is -1.59. The summed E-state index contributed by atoms with van der Waals surface area (Å²) in [6.45, 7) is 21.5. The van der Waals surface area contributed by atoms with Crippen LogP contribution in [0.4, 0.5) is 0 Å². The molecule has 0 saturated carbocycles. The van der Waals surface area contributed by atoms with E-state index in [1.165, 1.54) is 0 Å². The highest BCUT2D eigenvalue weighted by atomic mass is 16.6. The number of ether oxygens (including phenoxy) is 3. The number of carbonyl (C=O) groups excluding carboxylic acids is 3. The summed E-state index contributed by atoms with van der Waals surface area (Å²) >= 11 is 0. The monoisotopic (exact) mass is 469 g/mol. The van der Waals surface area contributed by atoms with E-state index in [4.69, 9.17) is 14.2 Å². The van der Waals surface area contributed by atoms with Crippen LogP contribution in [0.3, 0.4) is 0 Å². The van der Waals surface area contributed by atoms with Crippen molar-refractivity contribution in [2.45, 2.75) is 113 Å². The van der Waals surface area contributed by atoms with Crippen LogP contribution >= 0.6 is 0 Å². The van der Waals surface area contributed by atoms with E-state index in [0.29, 0.717) is 38.7 Å². The zero-order valence-corrected chi connectivity index (χ0v) is 22.6. The fourth-order valence-electron chi connectivity index (χ4n) is 3.42. The molecule has 0 N–H and O–H groups in total. The first-order chi connectivity index (χ1) is 15.2. The zero-order valence-electron chi connectivity index (χ0n) is 22.6. The fraction of sp³-hybridized carbons (Fsp3) is 0.852. The molecule has 0 bridgehead atoms. The van der Waals surface area contributed by atoms with Gasteiger partial charge in [-0.2, -0.15) is 0 Å². The minimum Gasteiger partial charge on any atom is -0.465 e. The highest BCUT2D eigenvalue weighted by molar-refractivity contribution is 5.74. The van der Waals surface area contributed by atoms with Crippen molar-refractivity contribution in [3.8, 4) is 0 Å². The largest absolute Gasteiger partial charge is 0.465 e. The second kappa shape index (κ2) is 15.3. The molecule has 5 atom stereocenters. The van der Waals surface area contributed by atoms with Crippen molar-refractivity contribution in [2.24, 2.45) is 29.6 Å². The Morgan fingerprint density at radius 1 is 0.818 bits per heavy atom. The second-order valence-corrected chi connectivity index (χ2v) is 10.8. The van der Waals surface area contributed by atoms with Crippen molar-refractivity contribution in [3.05, 3.63) is 6.92 Å². The summed E-state index contributed by atoms with van der Waals surface area (Å²) < 4.78 is 16.5. The van der Waals surface area contributed by atoms with Crippen LogP contribution < -0.4 is 0 Å². The van der Waals surface area contributed by atoms with E-state index in [2.05, 4.69) is 6.92 Å². The Morgan fingerprint density at radius 3 is 1.76 bits per heavy atom. The van der Waals surface area contributed by atoms with Crippen LogP contribution in [-0.4, -0.2) is 36.2 Å². The second-order valence-electron chi connectivity index (χ2n) is 10.8. The molecule has 0 fully saturated rings. The Balaban J connectivity index is 5.27. The van der Waals surface area contributed by atoms with Crippen LogP contribution in [0.2, 0.25) is 0 Å².